The molecule has 0 radical (unpaired) electrons. The fourth-order valence-electron chi connectivity index (χ4n) is 4.05. The van der Waals surface area contributed by atoms with Crippen LogP contribution in [0.3, 0.4) is 0 Å². The lowest BCUT2D eigenvalue weighted by atomic mass is 9.98. The van der Waals surface area contributed by atoms with Crippen LogP contribution in [0.1, 0.15) is 36.2 Å². The second kappa shape index (κ2) is 7.48. The number of fused-ring (bicyclic) bond motifs is 2. The molecule has 0 spiro atoms. The number of nitrogens with one attached hydrogen (secondary N) is 1. The van der Waals surface area contributed by atoms with Crippen LogP contribution in [0.5, 0.6) is 5.75 Å². The van der Waals surface area contributed by atoms with Crippen LogP contribution in [0.25, 0.3) is 0 Å². The van der Waals surface area contributed by atoms with Crippen molar-refractivity contribution in [3.8, 4) is 5.75 Å². The van der Waals surface area contributed by atoms with Crippen molar-refractivity contribution in [1.82, 2.24) is 20.0 Å². The minimum Gasteiger partial charge on any atom is -0.471 e. The molecule has 2 aliphatic heterocycles. The average molecular weight is 393 g/mol. The number of hydrogen-bond donors (Lipinski definition) is 1. The van der Waals surface area contributed by atoms with Crippen LogP contribution in [0.2, 0.25) is 5.02 Å². The van der Waals surface area contributed by atoms with Crippen LogP contribution >= 0.6 is 11.6 Å². The Hall–Kier alpha value is -2.12. The third-order valence-electron chi connectivity index (χ3n) is 5.56. The van der Waals surface area contributed by atoms with E-state index in [2.05, 4.69) is 22.4 Å². The third-order valence-corrected chi connectivity index (χ3v) is 5.85. The molecule has 2 aliphatic rings. The predicted molar refractivity (Wildman–Crippen MR) is 99.3 cm³/mol. The van der Waals surface area contributed by atoms with Crippen molar-refractivity contribution in [2.75, 3.05) is 7.05 Å². The highest BCUT2D eigenvalue weighted by Gasteiger charge is 2.38. The molecular weight excluding hydrogens is 371 g/mol. The SMILES string of the molecule is CN1C2CCC1CC(NC(=O)c1ccn(COc3ccc(F)c(Cl)c3)n1)C2. The minimum absolute atomic E-state index is 0.000117. The number of rotatable bonds is 5. The first-order valence-corrected chi connectivity index (χ1v) is 9.51. The highest BCUT2D eigenvalue weighted by Crippen LogP contribution is 2.34. The first kappa shape index (κ1) is 18.3. The van der Waals surface area contributed by atoms with Crippen LogP contribution in [0, 0.1) is 5.82 Å². The standard InChI is InChI=1S/C19H22ClFN4O2/c1-24-13-2-3-14(24)9-12(8-13)22-19(26)18-6-7-25(23-18)11-27-15-4-5-17(21)16(20)10-15/h4-7,10,12-14H,2-3,8-9,11H2,1H3,(H,22,26). The van der Waals surface area contributed by atoms with Crippen molar-refractivity contribution in [3.05, 3.63) is 47.0 Å². The number of halogens is 2. The van der Waals surface area contributed by atoms with E-state index in [4.69, 9.17) is 16.3 Å². The molecule has 2 saturated heterocycles. The van der Waals surface area contributed by atoms with Gasteiger partial charge < -0.3 is 15.0 Å². The van der Waals surface area contributed by atoms with Crippen LogP contribution in [0.4, 0.5) is 4.39 Å². The molecule has 144 valence electrons. The topological polar surface area (TPSA) is 59.4 Å². The summed E-state index contributed by atoms with van der Waals surface area (Å²) in [6.07, 6.45) is 6.10. The molecular formula is C19H22ClFN4O2. The summed E-state index contributed by atoms with van der Waals surface area (Å²) in [4.78, 5) is 14.9. The van der Waals surface area contributed by atoms with E-state index in [0.29, 0.717) is 23.5 Å². The monoisotopic (exact) mass is 392 g/mol. The van der Waals surface area contributed by atoms with Gasteiger partial charge in [0.15, 0.2) is 6.73 Å². The van der Waals surface area contributed by atoms with E-state index in [-0.39, 0.29) is 23.7 Å². The van der Waals surface area contributed by atoms with Crippen molar-refractivity contribution in [2.45, 2.75) is 50.5 Å². The molecule has 0 saturated carbocycles. The Kier molecular flexibility index (Phi) is 5.06. The van der Waals surface area contributed by atoms with Crippen LogP contribution in [0.15, 0.2) is 30.5 Å². The second-order valence-electron chi connectivity index (χ2n) is 7.28. The number of amides is 1. The van der Waals surface area contributed by atoms with Crippen LogP contribution in [-0.2, 0) is 6.73 Å². The zero-order valence-corrected chi connectivity index (χ0v) is 15.8. The summed E-state index contributed by atoms with van der Waals surface area (Å²) in [5, 5.41) is 7.38. The summed E-state index contributed by atoms with van der Waals surface area (Å²) in [6.45, 7) is 0.105. The molecule has 1 amide bonds. The number of nitrogens with zero attached hydrogens (tertiary/aromatic N) is 3. The fourth-order valence-corrected chi connectivity index (χ4v) is 4.22. The zero-order chi connectivity index (χ0) is 19.0. The van der Waals surface area contributed by atoms with Gasteiger partial charge in [-0.15, -0.1) is 0 Å². The average Bonchev–Trinajstić information content (AvgIpc) is 3.18. The lowest BCUT2D eigenvalue weighted by Crippen LogP contribution is -2.48. The second-order valence-corrected chi connectivity index (χ2v) is 7.69. The van der Waals surface area contributed by atoms with E-state index in [1.165, 1.54) is 35.7 Å². The Morgan fingerprint density at radius 2 is 2.07 bits per heavy atom. The van der Waals surface area contributed by atoms with E-state index in [1.807, 2.05) is 0 Å². The summed E-state index contributed by atoms with van der Waals surface area (Å²) in [6, 6.07) is 7.16. The summed E-state index contributed by atoms with van der Waals surface area (Å²) < 4.78 is 20.2. The lowest BCUT2D eigenvalue weighted by molar-refractivity contribution is 0.0875. The summed E-state index contributed by atoms with van der Waals surface area (Å²) in [5.41, 5.74) is 0.363. The molecule has 0 aliphatic carbocycles. The molecule has 1 aromatic heterocycles. The number of carbonyl (C=O) groups excluding carboxylic acids is 1. The molecule has 8 heteroatoms. The van der Waals surface area contributed by atoms with Gasteiger partial charge in [0.05, 0.1) is 5.02 Å². The van der Waals surface area contributed by atoms with Crippen molar-refractivity contribution >= 4 is 17.5 Å². The molecule has 2 aromatic rings. The molecule has 2 atom stereocenters. The van der Waals surface area contributed by atoms with Gasteiger partial charge >= 0.3 is 0 Å². The molecule has 1 N–H and O–H groups in total. The maximum absolute atomic E-state index is 13.2. The molecule has 1 aromatic carbocycles. The van der Waals surface area contributed by atoms with Crippen molar-refractivity contribution in [1.29, 1.82) is 0 Å². The van der Waals surface area contributed by atoms with Gasteiger partial charge in [-0.1, -0.05) is 11.6 Å². The smallest absolute Gasteiger partial charge is 0.271 e. The van der Waals surface area contributed by atoms with Gasteiger partial charge in [0.1, 0.15) is 17.3 Å². The van der Waals surface area contributed by atoms with Gasteiger partial charge in [0, 0.05) is 30.4 Å². The normalized spacial score (nSPS) is 24.8. The maximum atomic E-state index is 13.2. The van der Waals surface area contributed by atoms with Crippen LogP contribution in [-0.4, -0.2) is 45.8 Å². The lowest BCUT2D eigenvalue weighted by Gasteiger charge is -2.36. The maximum Gasteiger partial charge on any atom is 0.271 e. The minimum atomic E-state index is -0.496. The van der Waals surface area contributed by atoms with Gasteiger partial charge in [-0.2, -0.15) is 5.10 Å². The molecule has 2 bridgehead atoms. The fraction of sp³-hybridized carbons (Fsp3) is 0.474. The van der Waals surface area contributed by atoms with E-state index < -0.39 is 5.82 Å². The number of carbonyl (C=O) groups is 1. The summed E-state index contributed by atoms with van der Waals surface area (Å²) in [5.74, 6) is -0.221. The Labute approximate surface area is 162 Å². The van der Waals surface area contributed by atoms with Gasteiger partial charge in [-0.25, -0.2) is 9.07 Å². The van der Waals surface area contributed by atoms with Gasteiger partial charge in [-0.05, 0) is 50.9 Å². The van der Waals surface area contributed by atoms with E-state index in [1.54, 1.807) is 12.3 Å². The van der Waals surface area contributed by atoms with Crippen molar-refractivity contribution in [3.63, 3.8) is 0 Å². The first-order valence-electron chi connectivity index (χ1n) is 9.13. The number of ether oxygens (including phenoxy) is 1. The summed E-state index contributed by atoms with van der Waals surface area (Å²) >= 11 is 5.73. The van der Waals surface area contributed by atoms with E-state index in [9.17, 15) is 9.18 Å². The predicted octanol–water partition coefficient (Wildman–Crippen LogP) is 3.07. The molecule has 2 unspecified atom stereocenters. The Bertz CT molecular complexity index is 829. The third kappa shape index (κ3) is 3.94. The van der Waals surface area contributed by atoms with Gasteiger partial charge in [0.25, 0.3) is 5.91 Å². The number of piperidine rings is 1. The number of aromatic nitrogens is 2. The Morgan fingerprint density at radius 1 is 1.33 bits per heavy atom. The quantitative estimate of drug-likeness (QED) is 0.849. The molecule has 6 nitrogen and oxygen atoms in total. The van der Waals surface area contributed by atoms with E-state index >= 15 is 0 Å². The largest absolute Gasteiger partial charge is 0.471 e. The van der Waals surface area contributed by atoms with Gasteiger partial charge in [-0.3, -0.25) is 4.79 Å². The van der Waals surface area contributed by atoms with Crippen molar-refractivity contribution in [2.24, 2.45) is 0 Å². The summed E-state index contributed by atoms with van der Waals surface area (Å²) in [7, 11) is 2.18. The molecule has 27 heavy (non-hydrogen) atoms. The Balaban J connectivity index is 1.32. The molecule has 3 heterocycles. The number of hydrogen-bond acceptors (Lipinski definition) is 4. The van der Waals surface area contributed by atoms with Crippen LogP contribution < -0.4 is 10.1 Å². The zero-order valence-electron chi connectivity index (χ0n) is 15.1. The highest BCUT2D eigenvalue weighted by molar-refractivity contribution is 6.30. The highest BCUT2D eigenvalue weighted by atomic mass is 35.5. The van der Waals surface area contributed by atoms with E-state index in [0.717, 1.165) is 12.8 Å². The number of benzene rings is 1. The molecule has 4 rings (SSSR count). The van der Waals surface area contributed by atoms with Gasteiger partial charge in [0.2, 0.25) is 0 Å². The first-order chi connectivity index (χ1) is 13.0. The van der Waals surface area contributed by atoms with Crippen molar-refractivity contribution < 1.29 is 13.9 Å². The molecule has 2 fully saturated rings. The Morgan fingerprint density at radius 3 is 2.78 bits per heavy atom.